The summed E-state index contributed by atoms with van der Waals surface area (Å²) in [5.41, 5.74) is 0.424. The zero-order valence-electron chi connectivity index (χ0n) is 12.0. The molecule has 0 spiro atoms. The molecule has 4 nitrogen and oxygen atoms in total. The van der Waals surface area contributed by atoms with Crippen molar-refractivity contribution in [3.8, 4) is 0 Å². The molecule has 1 aliphatic rings. The number of carbonyl (C=O) groups excluding carboxylic acids is 1. The molecule has 1 saturated heterocycles. The van der Waals surface area contributed by atoms with Crippen molar-refractivity contribution >= 4 is 17.5 Å². The minimum absolute atomic E-state index is 0.0965. The molecular formula is C15H21ClN2O2. The lowest BCUT2D eigenvalue weighted by atomic mass is 10.0. The molecule has 0 saturated carbocycles. The summed E-state index contributed by atoms with van der Waals surface area (Å²) in [4.78, 5) is 14.5. The first-order valence-electron chi connectivity index (χ1n) is 6.86. The van der Waals surface area contributed by atoms with Gasteiger partial charge in [0.05, 0.1) is 23.8 Å². The Morgan fingerprint density at radius 3 is 2.65 bits per heavy atom. The maximum atomic E-state index is 12.2. The Hall–Kier alpha value is -1.10. The summed E-state index contributed by atoms with van der Waals surface area (Å²) >= 11 is 6.03. The van der Waals surface area contributed by atoms with Gasteiger partial charge in [-0.3, -0.25) is 9.69 Å². The van der Waals surface area contributed by atoms with Crippen molar-refractivity contribution in [2.45, 2.75) is 19.4 Å². The van der Waals surface area contributed by atoms with E-state index >= 15 is 0 Å². The van der Waals surface area contributed by atoms with Gasteiger partial charge >= 0.3 is 0 Å². The molecule has 0 aliphatic carbocycles. The van der Waals surface area contributed by atoms with Crippen LogP contribution in [0.2, 0.25) is 5.02 Å². The minimum Gasteiger partial charge on any atom is -0.379 e. The number of carbonyl (C=O) groups is 1. The molecule has 0 atom stereocenters. The van der Waals surface area contributed by atoms with Crippen molar-refractivity contribution in [1.82, 2.24) is 10.2 Å². The van der Waals surface area contributed by atoms with Crippen molar-refractivity contribution in [1.29, 1.82) is 0 Å². The molecule has 110 valence electrons. The van der Waals surface area contributed by atoms with Crippen LogP contribution in [0, 0.1) is 0 Å². The maximum Gasteiger partial charge on any atom is 0.252 e. The zero-order chi connectivity index (χ0) is 14.6. The van der Waals surface area contributed by atoms with Gasteiger partial charge in [0.1, 0.15) is 0 Å². The third kappa shape index (κ3) is 3.72. The summed E-state index contributed by atoms with van der Waals surface area (Å²) in [6.07, 6.45) is 0. The van der Waals surface area contributed by atoms with E-state index < -0.39 is 0 Å². The minimum atomic E-state index is -0.128. The monoisotopic (exact) mass is 296 g/mol. The van der Waals surface area contributed by atoms with E-state index in [9.17, 15) is 4.79 Å². The molecular weight excluding hydrogens is 276 g/mol. The smallest absolute Gasteiger partial charge is 0.252 e. The number of rotatable bonds is 4. The lowest BCUT2D eigenvalue weighted by Gasteiger charge is -2.40. The van der Waals surface area contributed by atoms with E-state index in [0.717, 1.165) is 26.3 Å². The van der Waals surface area contributed by atoms with Gasteiger partial charge in [0.25, 0.3) is 5.91 Å². The van der Waals surface area contributed by atoms with E-state index in [4.69, 9.17) is 16.3 Å². The van der Waals surface area contributed by atoms with Crippen LogP contribution >= 0.6 is 11.6 Å². The number of hydrogen-bond acceptors (Lipinski definition) is 3. The third-order valence-corrected chi connectivity index (χ3v) is 4.00. The lowest BCUT2D eigenvalue weighted by molar-refractivity contribution is -0.00923. The highest BCUT2D eigenvalue weighted by Crippen LogP contribution is 2.17. The molecule has 0 unspecified atom stereocenters. The summed E-state index contributed by atoms with van der Waals surface area (Å²) in [7, 11) is 0. The van der Waals surface area contributed by atoms with E-state index in [1.54, 1.807) is 12.1 Å². The Kier molecular flexibility index (Phi) is 5.02. The van der Waals surface area contributed by atoms with Gasteiger partial charge in [-0.15, -0.1) is 0 Å². The third-order valence-electron chi connectivity index (χ3n) is 3.67. The van der Waals surface area contributed by atoms with E-state index in [1.807, 2.05) is 12.1 Å². The number of amides is 1. The normalized spacial score (nSPS) is 16.9. The average molecular weight is 297 g/mol. The number of halogens is 1. The van der Waals surface area contributed by atoms with Crippen molar-refractivity contribution in [3.05, 3.63) is 34.9 Å². The number of nitrogens with zero attached hydrogens (tertiary/aromatic N) is 1. The van der Waals surface area contributed by atoms with Crippen LogP contribution in [0.15, 0.2) is 24.3 Å². The molecule has 0 radical (unpaired) electrons. The van der Waals surface area contributed by atoms with E-state index in [1.165, 1.54) is 0 Å². The van der Waals surface area contributed by atoms with E-state index in [2.05, 4.69) is 24.1 Å². The molecule has 1 fully saturated rings. The Balaban J connectivity index is 1.94. The molecule has 0 bridgehead atoms. The first kappa shape index (κ1) is 15.3. The fourth-order valence-electron chi connectivity index (χ4n) is 2.32. The first-order chi connectivity index (χ1) is 9.50. The molecule has 1 aromatic carbocycles. The van der Waals surface area contributed by atoms with Gasteiger partial charge in [-0.05, 0) is 26.0 Å². The Morgan fingerprint density at radius 2 is 2.00 bits per heavy atom. The van der Waals surface area contributed by atoms with Crippen LogP contribution in [-0.4, -0.2) is 49.2 Å². The van der Waals surface area contributed by atoms with Gasteiger partial charge in [0, 0.05) is 25.2 Å². The average Bonchev–Trinajstić information content (AvgIpc) is 2.46. The highest BCUT2D eigenvalue weighted by molar-refractivity contribution is 6.33. The Labute approximate surface area is 125 Å². The van der Waals surface area contributed by atoms with Crippen LogP contribution in [0.1, 0.15) is 24.2 Å². The van der Waals surface area contributed by atoms with Gasteiger partial charge in [0.2, 0.25) is 0 Å². The molecule has 1 N–H and O–H groups in total. The van der Waals surface area contributed by atoms with Gasteiger partial charge in [-0.1, -0.05) is 23.7 Å². The summed E-state index contributed by atoms with van der Waals surface area (Å²) in [5.74, 6) is -0.128. The molecule has 20 heavy (non-hydrogen) atoms. The summed E-state index contributed by atoms with van der Waals surface area (Å²) < 4.78 is 5.36. The topological polar surface area (TPSA) is 41.6 Å². The van der Waals surface area contributed by atoms with Crippen LogP contribution in [0.4, 0.5) is 0 Å². The standard InChI is InChI=1S/C15H21ClN2O2/c1-15(2,18-7-9-20-10-8-18)11-17-14(19)12-5-3-4-6-13(12)16/h3-6H,7-11H2,1-2H3,(H,17,19). The van der Waals surface area contributed by atoms with Gasteiger partial charge in [-0.2, -0.15) is 0 Å². The molecule has 2 rings (SSSR count). The van der Waals surface area contributed by atoms with Gasteiger partial charge in [-0.25, -0.2) is 0 Å². The van der Waals surface area contributed by atoms with Crippen LogP contribution in [0.5, 0.6) is 0 Å². The van der Waals surface area contributed by atoms with E-state index in [-0.39, 0.29) is 11.4 Å². The van der Waals surface area contributed by atoms with Crippen LogP contribution in [0.25, 0.3) is 0 Å². The van der Waals surface area contributed by atoms with Crippen LogP contribution in [-0.2, 0) is 4.74 Å². The number of morpholine rings is 1. The van der Waals surface area contributed by atoms with Crippen LogP contribution in [0.3, 0.4) is 0 Å². The highest BCUT2D eigenvalue weighted by atomic mass is 35.5. The molecule has 5 heteroatoms. The highest BCUT2D eigenvalue weighted by Gasteiger charge is 2.28. The van der Waals surface area contributed by atoms with Crippen molar-refractivity contribution in [3.63, 3.8) is 0 Å². The summed E-state index contributed by atoms with van der Waals surface area (Å²) in [5, 5.41) is 3.45. The SMILES string of the molecule is CC(C)(CNC(=O)c1ccccc1Cl)N1CCOCC1. The second-order valence-corrected chi connectivity index (χ2v) is 5.98. The Bertz CT molecular complexity index is 471. The largest absolute Gasteiger partial charge is 0.379 e. The fraction of sp³-hybridized carbons (Fsp3) is 0.533. The first-order valence-corrected chi connectivity index (χ1v) is 7.24. The number of ether oxygens (including phenoxy) is 1. The molecule has 0 aromatic heterocycles. The molecule has 1 heterocycles. The quantitative estimate of drug-likeness (QED) is 0.926. The van der Waals surface area contributed by atoms with E-state index in [0.29, 0.717) is 17.1 Å². The Morgan fingerprint density at radius 1 is 1.35 bits per heavy atom. The lowest BCUT2D eigenvalue weighted by Crippen LogP contribution is -2.55. The van der Waals surface area contributed by atoms with Gasteiger partial charge < -0.3 is 10.1 Å². The fourth-order valence-corrected chi connectivity index (χ4v) is 2.54. The summed E-state index contributed by atoms with van der Waals surface area (Å²) in [6, 6.07) is 7.09. The van der Waals surface area contributed by atoms with Crippen LogP contribution < -0.4 is 5.32 Å². The molecule has 1 aliphatic heterocycles. The summed E-state index contributed by atoms with van der Waals surface area (Å²) in [6.45, 7) is 8.14. The van der Waals surface area contributed by atoms with Crippen molar-refractivity contribution in [2.24, 2.45) is 0 Å². The molecule has 1 amide bonds. The molecule has 1 aromatic rings. The number of benzene rings is 1. The maximum absolute atomic E-state index is 12.2. The number of nitrogens with one attached hydrogen (secondary N) is 1. The second-order valence-electron chi connectivity index (χ2n) is 5.57. The number of hydrogen-bond donors (Lipinski definition) is 1. The van der Waals surface area contributed by atoms with Crippen molar-refractivity contribution < 1.29 is 9.53 Å². The predicted octanol–water partition coefficient (Wildman–Crippen LogP) is 2.18. The second kappa shape index (κ2) is 6.57. The zero-order valence-corrected chi connectivity index (χ0v) is 12.7. The van der Waals surface area contributed by atoms with Crippen molar-refractivity contribution in [2.75, 3.05) is 32.8 Å². The predicted molar refractivity (Wildman–Crippen MR) is 80.3 cm³/mol. The van der Waals surface area contributed by atoms with Gasteiger partial charge in [0.15, 0.2) is 0 Å².